The molecular weight excluding hydrogens is 290 g/mol. The van der Waals surface area contributed by atoms with E-state index in [1.54, 1.807) is 31.3 Å². The Labute approximate surface area is 123 Å². The van der Waals surface area contributed by atoms with Crippen molar-refractivity contribution in [2.24, 2.45) is 0 Å². The van der Waals surface area contributed by atoms with Crippen molar-refractivity contribution in [2.45, 2.75) is 13.3 Å². The molecule has 0 bridgehead atoms. The van der Waals surface area contributed by atoms with Gasteiger partial charge in [0.2, 0.25) is 0 Å². The highest BCUT2D eigenvalue weighted by atomic mass is 16.6. The van der Waals surface area contributed by atoms with E-state index in [1.165, 1.54) is 6.07 Å². The molecule has 0 spiro atoms. The number of nitro benzene ring substituents is 1. The van der Waals surface area contributed by atoms with Crippen LogP contribution in [-0.2, 0) is 4.79 Å². The lowest BCUT2D eigenvalue weighted by Crippen LogP contribution is -2.07. The molecule has 0 saturated carbocycles. The number of hydrogen-bond donors (Lipinski definition) is 3. The Morgan fingerprint density at radius 2 is 1.91 bits per heavy atom. The van der Waals surface area contributed by atoms with Gasteiger partial charge in [0.25, 0.3) is 11.2 Å². The first-order valence-electron chi connectivity index (χ1n) is 6.44. The zero-order valence-electron chi connectivity index (χ0n) is 11.6. The van der Waals surface area contributed by atoms with Gasteiger partial charge in [-0.15, -0.1) is 0 Å². The molecule has 114 valence electrons. The van der Waals surface area contributed by atoms with Crippen LogP contribution in [0, 0.1) is 10.1 Å². The first-order chi connectivity index (χ1) is 10.5. The minimum Gasteiger partial charge on any atom is -0.481 e. The fraction of sp³-hybridized carbons (Fsp3) is 0.143. The molecule has 0 aliphatic rings. The van der Waals surface area contributed by atoms with E-state index in [1.807, 2.05) is 0 Å². The van der Waals surface area contributed by atoms with E-state index in [-0.39, 0.29) is 23.2 Å². The summed E-state index contributed by atoms with van der Waals surface area (Å²) in [7, 11) is 0. The van der Waals surface area contributed by atoms with Crippen LogP contribution < -0.4 is 5.56 Å². The van der Waals surface area contributed by atoms with Crippen molar-refractivity contribution in [1.29, 1.82) is 0 Å². The number of aliphatic carboxylic acids is 1. The van der Waals surface area contributed by atoms with Gasteiger partial charge in [0.05, 0.1) is 4.92 Å². The predicted octanol–water partition coefficient (Wildman–Crippen LogP) is 2.40. The Balaban J connectivity index is 0.000000309. The van der Waals surface area contributed by atoms with Gasteiger partial charge in [-0.3, -0.25) is 19.7 Å². The second kappa shape index (κ2) is 6.08. The number of benzene rings is 1. The number of para-hydroxylation sites is 1. The summed E-state index contributed by atoms with van der Waals surface area (Å²) in [6, 6.07) is 6.45. The molecule has 0 atom stereocenters. The molecule has 0 radical (unpaired) electrons. The normalized spacial score (nSPS) is 10.2. The first kappa shape index (κ1) is 15.2. The smallest absolute Gasteiger partial charge is 0.303 e. The number of nitrogens with zero attached hydrogens (tertiary/aromatic N) is 1. The number of fused-ring (bicyclic) bond motifs is 3. The number of nitro groups is 1. The van der Waals surface area contributed by atoms with E-state index in [9.17, 15) is 19.7 Å². The predicted molar refractivity (Wildman–Crippen MR) is 81.0 cm³/mol. The molecule has 8 heteroatoms. The molecule has 0 aliphatic heterocycles. The Morgan fingerprint density at radius 3 is 2.50 bits per heavy atom. The molecule has 0 unspecified atom stereocenters. The summed E-state index contributed by atoms with van der Waals surface area (Å²) in [5.74, 6) is -0.745. The molecule has 0 saturated heterocycles. The largest absolute Gasteiger partial charge is 0.481 e. The first-order valence-corrected chi connectivity index (χ1v) is 6.44. The fourth-order valence-electron chi connectivity index (χ4n) is 2.01. The van der Waals surface area contributed by atoms with Crippen molar-refractivity contribution in [1.82, 2.24) is 9.97 Å². The second-order valence-electron chi connectivity index (χ2n) is 4.42. The average Bonchev–Trinajstić information content (AvgIpc) is 2.97. The summed E-state index contributed by atoms with van der Waals surface area (Å²) in [4.78, 5) is 36.8. The van der Waals surface area contributed by atoms with Crippen molar-refractivity contribution in [3.05, 3.63) is 50.9 Å². The number of carboxylic acids is 1. The van der Waals surface area contributed by atoms with Crippen LogP contribution in [0.2, 0.25) is 0 Å². The lowest BCUT2D eigenvalue weighted by atomic mass is 10.1. The SMILES string of the molecule is CCC(=O)O.O=c1[nH]c2c([N+](=O)[O-])cccc2c2cc[nH]c12. The number of non-ortho nitro benzene ring substituents is 1. The monoisotopic (exact) mass is 303 g/mol. The number of nitrogens with one attached hydrogen (secondary N) is 2. The number of aromatic nitrogens is 2. The van der Waals surface area contributed by atoms with E-state index in [0.29, 0.717) is 16.3 Å². The van der Waals surface area contributed by atoms with Crippen molar-refractivity contribution in [3.63, 3.8) is 0 Å². The fourth-order valence-corrected chi connectivity index (χ4v) is 2.01. The van der Waals surface area contributed by atoms with Gasteiger partial charge in [0, 0.05) is 29.5 Å². The van der Waals surface area contributed by atoms with Crippen LogP contribution in [0.1, 0.15) is 13.3 Å². The van der Waals surface area contributed by atoms with Crippen LogP contribution in [0.25, 0.3) is 21.8 Å². The number of rotatable bonds is 2. The summed E-state index contributed by atoms with van der Waals surface area (Å²) in [5.41, 5.74) is 0.238. The van der Waals surface area contributed by atoms with E-state index >= 15 is 0 Å². The van der Waals surface area contributed by atoms with Crippen LogP contribution in [0.3, 0.4) is 0 Å². The molecule has 3 rings (SSSR count). The maximum absolute atomic E-state index is 11.7. The standard InChI is InChI=1S/C11H7N3O3.C3H6O2/c15-11-10-7(4-5-12-10)6-2-1-3-8(14(16)17)9(6)13-11;1-2-3(4)5/h1-5,12H,(H,13,15);2H2,1H3,(H,4,5). The van der Waals surface area contributed by atoms with Gasteiger partial charge >= 0.3 is 5.97 Å². The van der Waals surface area contributed by atoms with E-state index in [4.69, 9.17) is 5.11 Å². The lowest BCUT2D eigenvalue weighted by Gasteiger charge is -2.00. The van der Waals surface area contributed by atoms with Gasteiger partial charge in [-0.1, -0.05) is 19.1 Å². The van der Waals surface area contributed by atoms with Crippen molar-refractivity contribution in [3.8, 4) is 0 Å². The molecular formula is C14H13N3O5. The van der Waals surface area contributed by atoms with Crippen LogP contribution >= 0.6 is 0 Å². The van der Waals surface area contributed by atoms with E-state index < -0.39 is 10.9 Å². The molecule has 2 heterocycles. The maximum Gasteiger partial charge on any atom is 0.303 e. The number of hydrogen-bond acceptors (Lipinski definition) is 4. The summed E-state index contributed by atoms with van der Waals surface area (Å²) in [6.07, 6.45) is 1.86. The highest BCUT2D eigenvalue weighted by Gasteiger charge is 2.15. The van der Waals surface area contributed by atoms with Crippen molar-refractivity contribution >= 4 is 33.5 Å². The Kier molecular flexibility index (Phi) is 4.21. The molecule has 3 N–H and O–H groups in total. The number of carboxylic acid groups (broad SMARTS) is 1. The van der Waals surface area contributed by atoms with Crippen LogP contribution in [0.5, 0.6) is 0 Å². The summed E-state index contributed by atoms with van der Waals surface area (Å²) >= 11 is 0. The third kappa shape index (κ3) is 2.80. The molecule has 3 aromatic rings. The molecule has 2 aromatic heterocycles. The van der Waals surface area contributed by atoms with Crippen LogP contribution in [0.4, 0.5) is 5.69 Å². The van der Waals surface area contributed by atoms with Gasteiger partial charge in [-0.05, 0) is 6.07 Å². The molecule has 22 heavy (non-hydrogen) atoms. The highest BCUT2D eigenvalue weighted by molar-refractivity contribution is 6.06. The van der Waals surface area contributed by atoms with Gasteiger partial charge < -0.3 is 15.1 Å². The topological polar surface area (TPSA) is 129 Å². The Bertz CT molecular complexity index is 910. The van der Waals surface area contributed by atoms with Gasteiger partial charge in [-0.25, -0.2) is 0 Å². The van der Waals surface area contributed by atoms with Crippen molar-refractivity contribution < 1.29 is 14.8 Å². The van der Waals surface area contributed by atoms with Crippen LogP contribution in [-0.4, -0.2) is 26.0 Å². The van der Waals surface area contributed by atoms with E-state index in [0.717, 1.165) is 0 Å². The Morgan fingerprint density at radius 1 is 1.27 bits per heavy atom. The van der Waals surface area contributed by atoms with Gasteiger partial charge in [0.15, 0.2) is 0 Å². The molecule has 1 aromatic carbocycles. The second-order valence-corrected chi connectivity index (χ2v) is 4.42. The summed E-state index contributed by atoms with van der Waals surface area (Å²) in [5, 5.41) is 19.9. The quantitative estimate of drug-likeness (QED) is 0.494. The minimum absolute atomic E-state index is 0.0947. The van der Waals surface area contributed by atoms with Crippen molar-refractivity contribution in [2.75, 3.05) is 0 Å². The minimum atomic E-state index is -0.745. The Hall–Kier alpha value is -3.16. The number of pyridine rings is 1. The summed E-state index contributed by atoms with van der Waals surface area (Å²) in [6.45, 7) is 1.60. The maximum atomic E-state index is 11.7. The number of H-pyrrole nitrogens is 2. The summed E-state index contributed by atoms with van der Waals surface area (Å²) < 4.78 is 0. The number of carbonyl (C=O) groups is 1. The lowest BCUT2D eigenvalue weighted by molar-refractivity contribution is -0.383. The zero-order valence-corrected chi connectivity index (χ0v) is 11.6. The van der Waals surface area contributed by atoms with Crippen LogP contribution in [0.15, 0.2) is 35.3 Å². The molecule has 8 nitrogen and oxygen atoms in total. The molecule has 0 fully saturated rings. The van der Waals surface area contributed by atoms with Gasteiger partial charge in [-0.2, -0.15) is 0 Å². The molecule has 0 amide bonds. The van der Waals surface area contributed by atoms with Gasteiger partial charge in [0.1, 0.15) is 11.0 Å². The number of aromatic amines is 2. The van der Waals surface area contributed by atoms with E-state index in [2.05, 4.69) is 9.97 Å². The zero-order chi connectivity index (χ0) is 16.3. The molecule has 0 aliphatic carbocycles. The third-order valence-electron chi connectivity index (χ3n) is 3.04. The average molecular weight is 303 g/mol. The highest BCUT2D eigenvalue weighted by Crippen LogP contribution is 2.27. The third-order valence-corrected chi connectivity index (χ3v) is 3.04.